The number of fused-ring (bicyclic) bond motifs is 1. The number of aromatic hydroxyl groups is 1. The molecule has 0 spiro atoms. The number of thiazole rings is 1. The number of phenols is 1. The minimum Gasteiger partial charge on any atom is -0.504 e. The number of halogens is 2. The van der Waals surface area contributed by atoms with E-state index < -0.39 is 11.9 Å². The van der Waals surface area contributed by atoms with E-state index in [-0.39, 0.29) is 29.2 Å². The number of hydrogen-bond donors (Lipinski definition) is 2. The van der Waals surface area contributed by atoms with E-state index in [9.17, 15) is 14.7 Å². The van der Waals surface area contributed by atoms with Gasteiger partial charge in [-0.3, -0.25) is 14.2 Å². The predicted octanol–water partition coefficient (Wildman–Crippen LogP) is 6.48. The zero-order valence-corrected chi connectivity index (χ0v) is 28.3. The van der Waals surface area contributed by atoms with Crippen LogP contribution in [0.1, 0.15) is 29.7 Å². The molecule has 0 unspecified atom stereocenters. The molecule has 2 N–H and O–H groups in total. The maximum atomic E-state index is 14.2. The number of nitrogens with one attached hydrogen (secondary N) is 1. The molecule has 1 aromatic heterocycles. The van der Waals surface area contributed by atoms with Crippen LogP contribution < -0.4 is 34.4 Å². The van der Waals surface area contributed by atoms with E-state index in [0.29, 0.717) is 53.4 Å². The summed E-state index contributed by atoms with van der Waals surface area (Å²) in [4.78, 5) is 33.1. The fourth-order valence-corrected chi connectivity index (χ4v) is 6.81. The zero-order valence-electron chi connectivity index (χ0n) is 26.0. The molecule has 5 aromatic rings. The van der Waals surface area contributed by atoms with Crippen molar-refractivity contribution in [2.24, 2.45) is 4.99 Å². The molecule has 48 heavy (non-hydrogen) atoms. The third kappa shape index (κ3) is 6.68. The van der Waals surface area contributed by atoms with Gasteiger partial charge in [0.05, 0.1) is 41.1 Å². The van der Waals surface area contributed by atoms with Crippen LogP contribution >= 0.6 is 34.5 Å². The highest BCUT2D eigenvalue weighted by atomic mass is 35.5. The minimum atomic E-state index is -0.872. The van der Waals surface area contributed by atoms with E-state index in [4.69, 9.17) is 42.4 Å². The number of anilines is 1. The van der Waals surface area contributed by atoms with Crippen molar-refractivity contribution in [3.8, 4) is 23.0 Å². The quantitative estimate of drug-likeness (QED) is 0.182. The number of benzene rings is 4. The molecule has 9 nitrogen and oxygen atoms in total. The third-order valence-corrected chi connectivity index (χ3v) is 9.18. The zero-order chi connectivity index (χ0) is 33.9. The van der Waals surface area contributed by atoms with Crippen LogP contribution in [0, 0.1) is 0 Å². The number of carbonyl (C=O) groups is 1. The largest absolute Gasteiger partial charge is 0.504 e. The van der Waals surface area contributed by atoms with Crippen LogP contribution in [0.4, 0.5) is 5.69 Å². The summed E-state index contributed by atoms with van der Waals surface area (Å²) in [5.41, 5.74) is 2.99. The normalized spacial score (nSPS) is 14.3. The van der Waals surface area contributed by atoms with Gasteiger partial charge in [-0.2, -0.15) is 0 Å². The van der Waals surface area contributed by atoms with Gasteiger partial charge in [0.25, 0.3) is 11.5 Å². The second-order valence-electron chi connectivity index (χ2n) is 10.8. The molecule has 0 radical (unpaired) electrons. The Morgan fingerprint density at radius 1 is 1.00 bits per heavy atom. The molecule has 0 aliphatic carbocycles. The Hall–Kier alpha value is -5.03. The topological polar surface area (TPSA) is 111 Å². The van der Waals surface area contributed by atoms with Gasteiger partial charge in [0.2, 0.25) is 0 Å². The van der Waals surface area contributed by atoms with Crippen molar-refractivity contribution in [3.63, 3.8) is 0 Å². The molecule has 0 saturated carbocycles. The number of nitrogens with zero attached hydrogens (tertiary/aromatic N) is 2. The highest BCUT2D eigenvalue weighted by Gasteiger charge is 2.33. The molecule has 244 valence electrons. The first-order valence-electron chi connectivity index (χ1n) is 14.7. The minimum absolute atomic E-state index is 0.0731. The number of phenolic OH excluding ortho intramolecular Hbond substituents is 1. The Morgan fingerprint density at radius 3 is 2.44 bits per heavy atom. The number of hydrogen-bond acceptors (Lipinski definition) is 8. The summed E-state index contributed by atoms with van der Waals surface area (Å²) >= 11 is 13.8. The first kappa shape index (κ1) is 32.9. The molecule has 1 aliphatic rings. The number of methoxy groups -OCH3 is 2. The van der Waals surface area contributed by atoms with Crippen molar-refractivity contribution in [1.82, 2.24) is 4.57 Å². The van der Waals surface area contributed by atoms with Crippen molar-refractivity contribution in [2.75, 3.05) is 19.5 Å². The summed E-state index contributed by atoms with van der Waals surface area (Å²) in [6.45, 7) is 1.97. The van der Waals surface area contributed by atoms with Crippen molar-refractivity contribution in [3.05, 3.63) is 143 Å². The number of para-hydroxylation sites is 1. The fourth-order valence-electron chi connectivity index (χ4n) is 5.36. The second kappa shape index (κ2) is 14.0. The molecule has 0 saturated heterocycles. The Kier molecular flexibility index (Phi) is 9.58. The van der Waals surface area contributed by atoms with Crippen LogP contribution in [-0.2, 0) is 11.4 Å². The van der Waals surface area contributed by atoms with Crippen LogP contribution in [0.15, 0.2) is 106 Å². The van der Waals surface area contributed by atoms with Gasteiger partial charge in [0.1, 0.15) is 6.61 Å². The van der Waals surface area contributed by atoms with Gasteiger partial charge in [0, 0.05) is 10.7 Å². The number of allylic oxidation sites excluding steroid dienone is 1. The highest BCUT2D eigenvalue weighted by molar-refractivity contribution is 7.07. The van der Waals surface area contributed by atoms with Crippen LogP contribution in [0.2, 0.25) is 10.0 Å². The van der Waals surface area contributed by atoms with Crippen molar-refractivity contribution in [2.45, 2.75) is 19.6 Å². The SMILES string of the molecule is COc1cc([C@H]2C(C(=O)Nc3ccccc3)=C(C)N=c3s/c(=C\c4cc(Cl)c(OCc5ccc(Cl)cc5)c(OC)c4)c(=O)n32)ccc1O. The first-order valence-corrected chi connectivity index (χ1v) is 16.2. The third-order valence-electron chi connectivity index (χ3n) is 7.66. The summed E-state index contributed by atoms with van der Waals surface area (Å²) in [7, 11) is 2.94. The summed E-state index contributed by atoms with van der Waals surface area (Å²) < 4.78 is 18.8. The average Bonchev–Trinajstić information content (AvgIpc) is 3.38. The average molecular weight is 703 g/mol. The molecule has 12 heteroatoms. The summed E-state index contributed by atoms with van der Waals surface area (Å²) in [6, 6.07) is 23.6. The highest BCUT2D eigenvalue weighted by Crippen LogP contribution is 2.38. The maximum absolute atomic E-state index is 14.2. The van der Waals surface area contributed by atoms with Gasteiger partial charge in [0.15, 0.2) is 27.8 Å². The smallest absolute Gasteiger partial charge is 0.271 e. The second-order valence-corrected chi connectivity index (χ2v) is 12.6. The van der Waals surface area contributed by atoms with Crippen LogP contribution in [-0.4, -0.2) is 29.8 Å². The molecule has 0 fully saturated rings. The Balaban J connectivity index is 1.42. The van der Waals surface area contributed by atoms with Crippen LogP contribution in [0.5, 0.6) is 23.0 Å². The number of amides is 1. The van der Waals surface area contributed by atoms with E-state index >= 15 is 0 Å². The van der Waals surface area contributed by atoms with Gasteiger partial charge in [-0.15, -0.1) is 0 Å². The Labute approximate surface area is 289 Å². The van der Waals surface area contributed by atoms with Crippen LogP contribution in [0.3, 0.4) is 0 Å². The van der Waals surface area contributed by atoms with E-state index in [2.05, 4.69) is 5.32 Å². The lowest BCUT2D eigenvalue weighted by atomic mass is 9.94. The molecule has 1 aliphatic heterocycles. The Morgan fingerprint density at radius 2 is 1.73 bits per heavy atom. The van der Waals surface area contributed by atoms with Gasteiger partial charge >= 0.3 is 0 Å². The summed E-state index contributed by atoms with van der Waals surface area (Å²) in [6.07, 6.45) is 1.69. The fraction of sp³-hybridized carbons (Fsp3) is 0.139. The molecular weight excluding hydrogens is 673 g/mol. The molecule has 1 atom stereocenters. The number of ether oxygens (including phenoxy) is 3. The van der Waals surface area contributed by atoms with Crippen molar-refractivity contribution < 1.29 is 24.1 Å². The van der Waals surface area contributed by atoms with Crippen molar-refractivity contribution in [1.29, 1.82) is 0 Å². The lowest BCUT2D eigenvalue weighted by Crippen LogP contribution is -2.40. The standard InChI is InChI=1S/C36H29Cl2N3O6S/c1-20-31(34(43)40-25-7-5-4-6-8-25)32(23-11-14-27(42)28(18-23)45-2)41-35(44)30(48-36(41)39-20)17-22-15-26(38)33(29(16-22)46-3)47-19-21-9-12-24(37)13-10-21/h4-18,32,42H,19H2,1-3H3,(H,40,43)/b30-17-/t32-/m0/s1. The van der Waals surface area contributed by atoms with E-state index in [1.807, 2.05) is 30.3 Å². The number of carbonyl (C=O) groups excluding carboxylic acids is 1. The predicted molar refractivity (Wildman–Crippen MR) is 187 cm³/mol. The lowest BCUT2D eigenvalue weighted by molar-refractivity contribution is -0.113. The molecule has 6 rings (SSSR count). The van der Waals surface area contributed by atoms with Crippen LogP contribution in [0.25, 0.3) is 6.08 Å². The summed E-state index contributed by atoms with van der Waals surface area (Å²) in [5, 5.41) is 14.2. The van der Waals surface area contributed by atoms with E-state index in [1.165, 1.54) is 36.2 Å². The van der Waals surface area contributed by atoms with Gasteiger partial charge < -0.3 is 24.6 Å². The molecule has 4 aromatic carbocycles. The van der Waals surface area contributed by atoms with Gasteiger partial charge in [-0.1, -0.05) is 70.9 Å². The molecule has 0 bridgehead atoms. The molecule has 1 amide bonds. The van der Waals surface area contributed by atoms with Crippen molar-refractivity contribution >= 4 is 52.2 Å². The van der Waals surface area contributed by atoms with Gasteiger partial charge in [-0.25, -0.2) is 4.99 Å². The first-order chi connectivity index (χ1) is 23.2. The Bertz CT molecular complexity index is 2230. The summed E-state index contributed by atoms with van der Waals surface area (Å²) in [5.74, 6) is 0.460. The van der Waals surface area contributed by atoms with E-state index in [0.717, 1.165) is 5.56 Å². The number of rotatable bonds is 9. The monoisotopic (exact) mass is 701 g/mol. The lowest BCUT2D eigenvalue weighted by Gasteiger charge is -2.25. The molecule has 2 heterocycles. The maximum Gasteiger partial charge on any atom is 0.271 e. The molecular formula is C36H29Cl2N3O6S. The van der Waals surface area contributed by atoms with Gasteiger partial charge in [-0.05, 0) is 78.2 Å². The number of aromatic nitrogens is 1. The van der Waals surface area contributed by atoms with E-state index in [1.54, 1.807) is 61.5 Å².